The lowest BCUT2D eigenvalue weighted by atomic mass is 10.1. The fourth-order valence-corrected chi connectivity index (χ4v) is 2.46. The molecule has 0 unspecified atom stereocenters. The average molecular weight is 320 g/mol. The third kappa shape index (κ3) is 4.65. The fourth-order valence-electron chi connectivity index (χ4n) is 2.34. The third-order valence-electron chi connectivity index (χ3n) is 3.60. The molecule has 3 nitrogen and oxygen atoms in total. The molecule has 0 fully saturated rings. The molecule has 0 radical (unpaired) electrons. The van der Waals surface area contributed by atoms with Crippen molar-refractivity contribution < 1.29 is 9.47 Å². The van der Waals surface area contributed by atoms with Crippen molar-refractivity contribution in [2.75, 3.05) is 27.8 Å². The van der Waals surface area contributed by atoms with Gasteiger partial charge < -0.3 is 14.4 Å². The molecule has 0 spiro atoms. The number of methoxy groups -OCH3 is 2. The van der Waals surface area contributed by atoms with Crippen molar-refractivity contribution >= 4 is 11.6 Å². The van der Waals surface area contributed by atoms with Crippen molar-refractivity contribution in [2.24, 2.45) is 0 Å². The minimum atomic E-state index is 0.765. The summed E-state index contributed by atoms with van der Waals surface area (Å²) in [6.45, 7) is 1.88. The predicted octanol–water partition coefficient (Wildman–Crippen LogP) is 4.03. The Morgan fingerprint density at radius 1 is 0.909 bits per heavy atom. The molecule has 0 N–H and O–H groups in total. The Morgan fingerprint density at radius 2 is 1.55 bits per heavy atom. The van der Waals surface area contributed by atoms with Crippen molar-refractivity contribution in [1.29, 1.82) is 0 Å². The summed E-state index contributed by atoms with van der Waals surface area (Å²) in [7, 11) is 5.43. The number of halogens is 1. The van der Waals surface area contributed by atoms with E-state index in [1.54, 1.807) is 14.2 Å². The van der Waals surface area contributed by atoms with Gasteiger partial charge in [-0.05, 0) is 48.9 Å². The second kappa shape index (κ2) is 8.06. The summed E-state index contributed by atoms with van der Waals surface area (Å²) in [6, 6.07) is 14.1. The Hall–Kier alpha value is -1.71. The molecule has 0 aromatic heterocycles. The Balaban J connectivity index is 1.90. The summed E-state index contributed by atoms with van der Waals surface area (Å²) in [5.74, 6) is 1.54. The van der Waals surface area contributed by atoms with Crippen LogP contribution < -0.4 is 9.47 Å². The topological polar surface area (TPSA) is 21.7 Å². The molecule has 4 heteroatoms. The van der Waals surface area contributed by atoms with Crippen LogP contribution in [0.15, 0.2) is 42.5 Å². The molecule has 0 saturated carbocycles. The van der Waals surface area contributed by atoms with Gasteiger partial charge in [0.2, 0.25) is 0 Å². The van der Waals surface area contributed by atoms with Crippen LogP contribution in [-0.2, 0) is 13.0 Å². The first-order valence-corrected chi connectivity index (χ1v) is 7.64. The van der Waals surface area contributed by atoms with Gasteiger partial charge in [-0.25, -0.2) is 0 Å². The van der Waals surface area contributed by atoms with Crippen LogP contribution in [0.4, 0.5) is 0 Å². The van der Waals surface area contributed by atoms with Gasteiger partial charge in [0.15, 0.2) is 11.5 Å². The maximum absolute atomic E-state index is 5.91. The van der Waals surface area contributed by atoms with Gasteiger partial charge in [-0.2, -0.15) is 0 Å². The van der Waals surface area contributed by atoms with E-state index >= 15 is 0 Å². The molecule has 0 aliphatic heterocycles. The minimum Gasteiger partial charge on any atom is -0.493 e. The lowest BCUT2D eigenvalue weighted by molar-refractivity contribution is 0.330. The van der Waals surface area contributed by atoms with Gasteiger partial charge in [-0.1, -0.05) is 29.8 Å². The molecule has 2 rings (SSSR count). The molecular formula is C18H22ClNO2. The van der Waals surface area contributed by atoms with Gasteiger partial charge in [0.05, 0.1) is 14.2 Å². The Labute approximate surface area is 137 Å². The van der Waals surface area contributed by atoms with Crippen molar-refractivity contribution in [3.8, 4) is 11.5 Å². The fraction of sp³-hybridized carbons (Fsp3) is 0.333. The molecule has 0 aliphatic rings. The Morgan fingerprint density at radius 3 is 2.18 bits per heavy atom. The number of hydrogen-bond donors (Lipinski definition) is 0. The molecule has 0 bridgehead atoms. The van der Waals surface area contributed by atoms with E-state index in [0.29, 0.717) is 0 Å². The van der Waals surface area contributed by atoms with Gasteiger partial charge in [-0.15, -0.1) is 0 Å². The maximum atomic E-state index is 5.91. The number of benzene rings is 2. The first-order valence-electron chi connectivity index (χ1n) is 7.26. The lowest BCUT2D eigenvalue weighted by Crippen LogP contribution is -2.20. The monoisotopic (exact) mass is 319 g/mol. The second-order valence-electron chi connectivity index (χ2n) is 5.30. The zero-order chi connectivity index (χ0) is 15.9. The predicted molar refractivity (Wildman–Crippen MR) is 91.0 cm³/mol. The van der Waals surface area contributed by atoms with Crippen molar-refractivity contribution in [1.82, 2.24) is 4.90 Å². The molecular weight excluding hydrogens is 298 g/mol. The molecule has 22 heavy (non-hydrogen) atoms. The number of likely N-dealkylation sites (N-methyl/N-ethyl adjacent to an activating group) is 1. The van der Waals surface area contributed by atoms with Crippen LogP contribution in [0.5, 0.6) is 11.5 Å². The van der Waals surface area contributed by atoms with E-state index in [4.69, 9.17) is 21.1 Å². The van der Waals surface area contributed by atoms with Crippen LogP contribution in [0.1, 0.15) is 11.1 Å². The van der Waals surface area contributed by atoms with Crippen LogP contribution in [0, 0.1) is 0 Å². The van der Waals surface area contributed by atoms with Crippen LogP contribution in [0.25, 0.3) is 0 Å². The standard InChI is InChI=1S/C18H22ClNO2/c1-20(13-15-4-7-16(19)8-5-15)11-10-14-6-9-17(21-2)18(12-14)22-3/h4-9,12H,10-11,13H2,1-3H3. The first-order chi connectivity index (χ1) is 10.6. The summed E-state index contributed by atoms with van der Waals surface area (Å²) in [5, 5.41) is 0.775. The maximum Gasteiger partial charge on any atom is 0.160 e. The zero-order valence-electron chi connectivity index (χ0n) is 13.3. The largest absolute Gasteiger partial charge is 0.493 e. The molecule has 118 valence electrons. The highest BCUT2D eigenvalue weighted by molar-refractivity contribution is 6.30. The summed E-state index contributed by atoms with van der Waals surface area (Å²) in [6.07, 6.45) is 0.963. The van der Waals surface area contributed by atoms with Gasteiger partial charge in [0.25, 0.3) is 0 Å². The quantitative estimate of drug-likeness (QED) is 0.769. The highest BCUT2D eigenvalue weighted by atomic mass is 35.5. The van der Waals surface area contributed by atoms with Gasteiger partial charge >= 0.3 is 0 Å². The summed E-state index contributed by atoms with van der Waals surface area (Å²) in [4.78, 5) is 2.29. The second-order valence-corrected chi connectivity index (χ2v) is 5.74. The van der Waals surface area contributed by atoms with Crippen LogP contribution in [0.3, 0.4) is 0 Å². The van der Waals surface area contributed by atoms with Crippen LogP contribution >= 0.6 is 11.6 Å². The molecule has 0 heterocycles. The van der Waals surface area contributed by atoms with Crippen molar-refractivity contribution in [3.63, 3.8) is 0 Å². The van der Waals surface area contributed by atoms with E-state index < -0.39 is 0 Å². The van der Waals surface area contributed by atoms with E-state index in [1.807, 2.05) is 24.3 Å². The molecule has 2 aromatic rings. The SMILES string of the molecule is COc1ccc(CCN(C)Cc2ccc(Cl)cc2)cc1OC. The lowest BCUT2D eigenvalue weighted by Gasteiger charge is -2.17. The first kappa shape index (κ1) is 16.7. The molecule has 0 saturated heterocycles. The average Bonchev–Trinajstić information content (AvgIpc) is 2.54. The van der Waals surface area contributed by atoms with Crippen molar-refractivity contribution in [3.05, 3.63) is 58.6 Å². The molecule has 0 aliphatic carbocycles. The zero-order valence-corrected chi connectivity index (χ0v) is 14.1. The molecule has 0 amide bonds. The molecule has 2 aromatic carbocycles. The highest BCUT2D eigenvalue weighted by Crippen LogP contribution is 2.27. The number of ether oxygens (including phenoxy) is 2. The molecule has 0 atom stereocenters. The Bertz CT molecular complexity index is 599. The van der Waals surface area contributed by atoms with E-state index in [0.717, 1.165) is 36.0 Å². The van der Waals surface area contributed by atoms with E-state index in [1.165, 1.54) is 11.1 Å². The summed E-state index contributed by atoms with van der Waals surface area (Å²) in [5.41, 5.74) is 2.50. The minimum absolute atomic E-state index is 0.765. The van der Waals surface area contributed by atoms with Gasteiger partial charge in [0, 0.05) is 18.1 Å². The normalized spacial score (nSPS) is 10.8. The van der Waals surface area contributed by atoms with Gasteiger partial charge in [-0.3, -0.25) is 0 Å². The number of rotatable bonds is 7. The van der Waals surface area contributed by atoms with Crippen LogP contribution in [-0.4, -0.2) is 32.7 Å². The smallest absolute Gasteiger partial charge is 0.160 e. The highest BCUT2D eigenvalue weighted by Gasteiger charge is 2.06. The summed E-state index contributed by atoms with van der Waals surface area (Å²) >= 11 is 5.91. The van der Waals surface area contributed by atoms with E-state index in [2.05, 4.69) is 30.1 Å². The third-order valence-corrected chi connectivity index (χ3v) is 3.85. The number of nitrogens with zero attached hydrogens (tertiary/aromatic N) is 1. The van der Waals surface area contributed by atoms with Crippen molar-refractivity contribution in [2.45, 2.75) is 13.0 Å². The number of hydrogen-bond acceptors (Lipinski definition) is 3. The van der Waals surface area contributed by atoms with Gasteiger partial charge in [0.1, 0.15) is 0 Å². The van der Waals surface area contributed by atoms with Crippen LogP contribution in [0.2, 0.25) is 5.02 Å². The summed E-state index contributed by atoms with van der Waals surface area (Å²) < 4.78 is 10.6. The van der Waals surface area contributed by atoms with E-state index in [-0.39, 0.29) is 0 Å². The Kier molecular flexibility index (Phi) is 6.10. The van der Waals surface area contributed by atoms with E-state index in [9.17, 15) is 0 Å².